The molecule has 1 aromatic heterocycles. The lowest BCUT2D eigenvalue weighted by atomic mass is 9.92. The third kappa shape index (κ3) is 3.20. The van der Waals surface area contributed by atoms with Crippen molar-refractivity contribution in [3.63, 3.8) is 0 Å². The van der Waals surface area contributed by atoms with Gasteiger partial charge in [-0.05, 0) is 30.3 Å². The molecule has 1 amide bonds. The molecule has 0 bridgehead atoms. The molecule has 5 nitrogen and oxygen atoms in total. The van der Waals surface area contributed by atoms with Crippen LogP contribution in [0.3, 0.4) is 0 Å². The summed E-state index contributed by atoms with van der Waals surface area (Å²) in [5, 5.41) is 8.97. The molecule has 0 unspecified atom stereocenters. The zero-order valence-corrected chi connectivity index (χ0v) is 14.4. The smallest absolute Gasteiger partial charge is 0.253 e. The van der Waals surface area contributed by atoms with Crippen molar-refractivity contribution in [2.45, 2.75) is 17.3 Å². The summed E-state index contributed by atoms with van der Waals surface area (Å²) in [5.74, 6) is 1.73. The van der Waals surface area contributed by atoms with Gasteiger partial charge in [-0.1, -0.05) is 6.07 Å². The van der Waals surface area contributed by atoms with Crippen LogP contribution in [0.4, 0.5) is 0 Å². The van der Waals surface area contributed by atoms with E-state index in [1.54, 1.807) is 36.7 Å². The van der Waals surface area contributed by atoms with Crippen LogP contribution in [-0.2, 0) is 0 Å². The summed E-state index contributed by atoms with van der Waals surface area (Å²) < 4.78 is 6.10. The third-order valence-electron chi connectivity index (χ3n) is 4.60. The molecular weight excluding hydrogens is 334 g/mol. The van der Waals surface area contributed by atoms with E-state index in [0.29, 0.717) is 11.1 Å². The molecule has 4 rings (SSSR count). The lowest BCUT2D eigenvalue weighted by Gasteiger charge is -2.47. The van der Waals surface area contributed by atoms with Gasteiger partial charge in [-0.3, -0.25) is 9.78 Å². The Morgan fingerprint density at radius 2 is 2.24 bits per heavy atom. The number of hydrogen-bond acceptors (Lipinski definition) is 5. The number of aromatic nitrogens is 1. The van der Waals surface area contributed by atoms with Crippen LogP contribution < -0.4 is 4.74 Å². The minimum Gasteiger partial charge on any atom is -0.488 e. The predicted molar refractivity (Wildman–Crippen MR) is 95.5 cm³/mol. The summed E-state index contributed by atoms with van der Waals surface area (Å²) in [4.78, 5) is 18.5. The average molecular weight is 351 g/mol. The first-order valence-electron chi connectivity index (χ1n) is 8.18. The largest absolute Gasteiger partial charge is 0.488 e. The molecule has 2 aliphatic heterocycles. The molecule has 25 heavy (non-hydrogen) atoms. The molecule has 3 heterocycles. The number of nitrogens with zero attached hydrogens (tertiary/aromatic N) is 3. The zero-order valence-electron chi connectivity index (χ0n) is 13.6. The van der Waals surface area contributed by atoms with E-state index in [2.05, 4.69) is 11.1 Å². The molecule has 0 N–H and O–H groups in total. The quantitative estimate of drug-likeness (QED) is 0.851. The first-order chi connectivity index (χ1) is 12.2. The monoisotopic (exact) mass is 351 g/mol. The molecular formula is C19H17N3O2S. The van der Waals surface area contributed by atoms with Crippen molar-refractivity contribution in [3.8, 4) is 11.8 Å². The van der Waals surface area contributed by atoms with E-state index < -0.39 is 0 Å². The molecule has 0 saturated carbocycles. The van der Waals surface area contributed by atoms with Gasteiger partial charge in [0, 0.05) is 37.0 Å². The first-order valence-corrected chi connectivity index (χ1v) is 9.16. The normalized spacial score (nSPS) is 20.8. The second-order valence-corrected chi connectivity index (χ2v) is 7.97. The highest BCUT2D eigenvalue weighted by molar-refractivity contribution is 8.01. The van der Waals surface area contributed by atoms with Crippen molar-refractivity contribution < 1.29 is 9.53 Å². The number of thioether (sulfide) groups is 1. The molecule has 2 saturated heterocycles. The van der Waals surface area contributed by atoms with Gasteiger partial charge in [-0.15, -0.1) is 11.8 Å². The van der Waals surface area contributed by atoms with E-state index in [9.17, 15) is 4.79 Å². The van der Waals surface area contributed by atoms with E-state index in [0.717, 1.165) is 31.0 Å². The molecule has 0 radical (unpaired) electrons. The topological polar surface area (TPSA) is 66.2 Å². The van der Waals surface area contributed by atoms with Crippen LogP contribution in [0.15, 0.2) is 48.8 Å². The van der Waals surface area contributed by atoms with Crippen LogP contribution in [0.5, 0.6) is 5.75 Å². The van der Waals surface area contributed by atoms with E-state index in [4.69, 9.17) is 10.00 Å². The van der Waals surface area contributed by atoms with Gasteiger partial charge >= 0.3 is 0 Å². The predicted octanol–water partition coefficient (Wildman–Crippen LogP) is 2.73. The summed E-state index contributed by atoms with van der Waals surface area (Å²) >= 11 is 1.89. The zero-order chi connectivity index (χ0) is 17.3. The van der Waals surface area contributed by atoms with Gasteiger partial charge in [0.25, 0.3) is 5.91 Å². The van der Waals surface area contributed by atoms with Crippen molar-refractivity contribution in [3.05, 3.63) is 59.9 Å². The standard InChI is InChI=1S/C19H17N3O2S/c20-9-14-3-1-4-15(7-14)18(23)22-12-19(13-22)8-17(11-25-19)24-16-5-2-6-21-10-16/h1-7,10,17H,8,11-13H2/t17-/m0/s1. The Kier molecular flexibility index (Phi) is 4.10. The van der Waals surface area contributed by atoms with Crippen LogP contribution in [0.1, 0.15) is 22.3 Å². The summed E-state index contributed by atoms with van der Waals surface area (Å²) in [7, 11) is 0. The minimum atomic E-state index is -0.0000438. The summed E-state index contributed by atoms with van der Waals surface area (Å²) in [6.45, 7) is 1.47. The highest BCUT2D eigenvalue weighted by Gasteiger charge is 2.51. The van der Waals surface area contributed by atoms with Crippen molar-refractivity contribution >= 4 is 17.7 Å². The van der Waals surface area contributed by atoms with Gasteiger partial charge in [0.1, 0.15) is 11.9 Å². The fraction of sp³-hybridized carbons (Fsp3) is 0.316. The van der Waals surface area contributed by atoms with Crippen molar-refractivity contribution in [1.29, 1.82) is 5.26 Å². The molecule has 1 aromatic carbocycles. The first kappa shape index (κ1) is 16.0. The number of carbonyl (C=O) groups is 1. The van der Waals surface area contributed by atoms with E-state index >= 15 is 0 Å². The number of rotatable bonds is 3. The summed E-state index contributed by atoms with van der Waals surface area (Å²) in [6.07, 6.45) is 4.56. The lowest BCUT2D eigenvalue weighted by Crippen LogP contribution is -2.60. The summed E-state index contributed by atoms with van der Waals surface area (Å²) in [6, 6.07) is 12.8. The van der Waals surface area contributed by atoms with Gasteiger partial charge in [-0.2, -0.15) is 5.26 Å². The Hall–Kier alpha value is -2.52. The van der Waals surface area contributed by atoms with Crippen molar-refractivity contribution in [1.82, 2.24) is 9.88 Å². The minimum absolute atomic E-state index is 0.0000438. The van der Waals surface area contributed by atoms with E-state index in [1.165, 1.54) is 0 Å². The Morgan fingerprint density at radius 3 is 3.00 bits per heavy atom. The maximum Gasteiger partial charge on any atom is 0.253 e. The highest BCUT2D eigenvalue weighted by atomic mass is 32.2. The number of ether oxygens (including phenoxy) is 1. The number of likely N-dealkylation sites (tertiary alicyclic amines) is 1. The summed E-state index contributed by atoms with van der Waals surface area (Å²) in [5.41, 5.74) is 1.10. The Morgan fingerprint density at radius 1 is 1.36 bits per heavy atom. The molecule has 1 atom stereocenters. The SMILES string of the molecule is N#Cc1cccc(C(=O)N2CC3(C[C@H](Oc4cccnc4)CS3)C2)c1. The maximum atomic E-state index is 12.6. The van der Waals surface area contributed by atoms with Crippen molar-refractivity contribution in [2.75, 3.05) is 18.8 Å². The number of hydrogen-bond donors (Lipinski definition) is 0. The van der Waals surface area contributed by atoms with Crippen LogP contribution >= 0.6 is 11.8 Å². The second-order valence-electron chi connectivity index (χ2n) is 6.48. The molecule has 2 aliphatic rings. The van der Waals surface area contributed by atoms with E-state index in [-0.39, 0.29) is 16.8 Å². The fourth-order valence-corrected chi connectivity index (χ4v) is 4.93. The molecule has 1 spiro atoms. The number of benzene rings is 1. The van der Waals surface area contributed by atoms with Crippen LogP contribution in [0.2, 0.25) is 0 Å². The molecule has 0 aliphatic carbocycles. The molecule has 126 valence electrons. The maximum absolute atomic E-state index is 12.6. The second kappa shape index (κ2) is 6.41. The van der Waals surface area contributed by atoms with Gasteiger partial charge in [0.15, 0.2) is 0 Å². The van der Waals surface area contributed by atoms with Crippen molar-refractivity contribution in [2.24, 2.45) is 0 Å². The lowest BCUT2D eigenvalue weighted by molar-refractivity contribution is 0.0518. The molecule has 2 aromatic rings. The Bertz CT molecular complexity index is 828. The van der Waals surface area contributed by atoms with Gasteiger partial charge in [0.2, 0.25) is 0 Å². The highest BCUT2D eigenvalue weighted by Crippen LogP contribution is 2.46. The third-order valence-corrected chi connectivity index (χ3v) is 6.17. The Balaban J connectivity index is 1.35. The Labute approximate surface area is 150 Å². The number of carbonyl (C=O) groups excluding carboxylic acids is 1. The fourth-order valence-electron chi connectivity index (χ4n) is 3.41. The average Bonchev–Trinajstić information content (AvgIpc) is 3.05. The number of nitriles is 1. The van der Waals surface area contributed by atoms with E-state index in [1.807, 2.05) is 28.8 Å². The van der Waals surface area contributed by atoms with Crippen LogP contribution in [0, 0.1) is 11.3 Å². The van der Waals surface area contributed by atoms with Gasteiger partial charge in [-0.25, -0.2) is 0 Å². The molecule has 2 fully saturated rings. The van der Waals surface area contributed by atoms with Crippen LogP contribution in [-0.4, -0.2) is 45.5 Å². The van der Waals surface area contributed by atoms with Gasteiger partial charge < -0.3 is 9.64 Å². The number of pyridine rings is 1. The van der Waals surface area contributed by atoms with Gasteiger partial charge in [0.05, 0.1) is 22.6 Å². The molecule has 6 heteroatoms. The van der Waals surface area contributed by atoms with Crippen LogP contribution in [0.25, 0.3) is 0 Å². The number of amides is 1.